The van der Waals surface area contributed by atoms with Crippen molar-refractivity contribution in [2.75, 3.05) is 13.1 Å². The summed E-state index contributed by atoms with van der Waals surface area (Å²) in [4.78, 5) is 2.59. The zero-order valence-corrected chi connectivity index (χ0v) is 18.1. The molecule has 3 aromatic rings. The predicted molar refractivity (Wildman–Crippen MR) is 119 cm³/mol. The number of fused-ring (bicyclic) bond motifs is 1. The van der Waals surface area contributed by atoms with E-state index in [1.54, 1.807) is 11.3 Å². The molecule has 0 bridgehead atoms. The fraction of sp³-hybridized carbons (Fsp3) is 0.375. The van der Waals surface area contributed by atoms with Crippen LogP contribution in [0.25, 0.3) is 21.1 Å². The third kappa shape index (κ3) is 3.38. The molecule has 1 fully saturated rings. The second-order valence-corrected chi connectivity index (χ2v) is 9.20. The molecular weight excluding hydrogens is 392 g/mol. The van der Waals surface area contributed by atoms with Crippen LogP contribution in [0.4, 0.5) is 0 Å². The van der Waals surface area contributed by atoms with Gasteiger partial charge < -0.3 is 4.74 Å². The Hall–Kier alpha value is -2.75. The van der Waals surface area contributed by atoms with Gasteiger partial charge in [-0.3, -0.25) is 4.90 Å². The van der Waals surface area contributed by atoms with E-state index in [1.165, 1.54) is 42.6 Å². The first-order valence-corrected chi connectivity index (χ1v) is 11.4. The largest absolute Gasteiger partial charge is 0.490 e. The summed E-state index contributed by atoms with van der Waals surface area (Å²) in [6, 6.07) is 15.1. The third-order valence-electron chi connectivity index (χ3n) is 5.94. The zero-order valence-electron chi connectivity index (χ0n) is 17.3. The molecule has 0 N–H and O–H groups in total. The van der Waals surface area contributed by atoms with E-state index in [4.69, 9.17) is 4.74 Å². The lowest BCUT2D eigenvalue weighted by atomic mass is 10.0. The van der Waals surface area contributed by atoms with Gasteiger partial charge >= 0.3 is 0 Å². The molecule has 2 aliphatic rings. The van der Waals surface area contributed by atoms with E-state index in [0.717, 1.165) is 22.0 Å². The molecule has 0 amide bonds. The van der Waals surface area contributed by atoms with E-state index in [-0.39, 0.29) is 6.10 Å². The molecule has 1 unspecified atom stereocenters. The predicted octanol–water partition coefficient (Wildman–Crippen LogP) is 5.22. The number of rotatable bonds is 5. The summed E-state index contributed by atoms with van der Waals surface area (Å²) >= 11 is 1.59. The first kappa shape index (κ1) is 19.2. The van der Waals surface area contributed by atoms with Crippen LogP contribution >= 0.6 is 11.3 Å². The van der Waals surface area contributed by atoms with Gasteiger partial charge in [-0.2, -0.15) is 5.26 Å². The Kier molecular flexibility index (Phi) is 5.01. The molecule has 0 radical (unpaired) electrons. The minimum Gasteiger partial charge on any atom is -0.490 e. The van der Waals surface area contributed by atoms with Crippen molar-refractivity contribution in [1.82, 2.24) is 15.1 Å². The monoisotopic (exact) mass is 416 g/mol. The number of benzene rings is 2. The van der Waals surface area contributed by atoms with Gasteiger partial charge in [0.1, 0.15) is 21.8 Å². The fourth-order valence-electron chi connectivity index (χ4n) is 4.42. The van der Waals surface area contributed by atoms with Crippen molar-refractivity contribution in [2.24, 2.45) is 0 Å². The van der Waals surface area contributed by atoms with Crippen molar-refractivity contribution in [3.05, 3.63) is 53.1 Å². The van der Waals surface area contributed by atoms with E-state index >= 15 is 0 Å². The van der Waals surface area contributed by atoms with Crippen LogP contribution in [0.3, 0.4) is 0 Å². The first-order chi connectivity index (χ1) is 14.6. The fourth-order valence-corrected chi connectivity index (χ4v) is 5.31. The highest BCUT2D eigenvalue weighted by atomic mass is 32.1. The Bertz CT molecular complexity index is 1130. The molecular formula is C24H24N4OS. The van der Waals surface area contributed by atoms with Gasteiger partial charge in [0.05, 0.1) is 11.7 Å². The maximum absolute atomic E-state index is 9.52. The normalized spacial score (nSPS) is 18.1. The van der Waals surface area contributed by atoms with Crippen molar-refractivity contribution >= 4 is 11.3 Å². The Morgan fingerprint density at radius 2 is 2.00 bits per heavy atom. The van der Waals surface area contributed by atoms with Crippen molar-refractivity contribution in [2.45, 2.75) is 45.3 Å². The van der Waals surface area contributed by atoms with Crippen molar-refractivity contribution < 1.29 is 4.74 Å². The second-order valence-electron chi connectivity index (χ2n) is 8.22. The van der Waals surface area contributed by atoms with Crippen LogP contribution in [0.15, 0.2) is 36.4 Å². The van der Waals surface area contributed by atoms with Crippen LogP contribution in [0.1, 0.15) is 49.4 Å². The Morgan fingerprint density at radius 3 is 2.73 bits per heavy atom. The zero-order chi connectivity index (χ0) is 20.7. The molecule has 2 heterocycles. The van der Waals surface area contributed by atoms with Crippen LogP contribution in [0, 0.1) is 11.3 Å². The standard InChI is InChI=1S/C24H24N4OS/c1-15(2)29-22-10-7-16(13-17(22)14-25)23-26-27-24(30-23)20-6-3-5-19-18(20)8-9-21(19)28-11-4-12-28/h3,5-7,10,13,15,21H,4,8-9,11-12H2,1-2H3. The average molecular weight is 417 g/mol. The maximum atomic E-state index is 9.52. The molecule has 2 aromatic carbocycles. The average Bonchev–Trinajstić information content (AvgIpc) is 3.34. The van der Waals surface area contributed by atoms with Gasteiger partial charge in [0.15, 0.2) is 0 Å². The molecule has 0 spiro atoms. The summed E-state index contributed by atoms with van der Waals surface area (Å²) < 4.78 is 5.74. The molecule has 0 saturated carbocycles. The SMILES string of the molecule is CC(C)Oc1ccc(-c2nnc(-c3cccc4c3CCC4N3CCC3)s2)cc1C#N. The van der Waals surface area contributed by atoms with Crippen LogP contribution in [-0.4, -0.2) is 34.3 Å². The lowest BCUT2D eigenvalue weighted by molar-refractivity contribution is 0.118. The third-order valence-corrected chi connectivity index (χ3v) is 6.94. The number of aromatic nitrogens is 2. The molecule has 30 heavy (non-hydrogen) atoms. The molecule has 1 atom stereocenters. The quantitative estimate of drug-likeness (QED) is 0.570. The van der Waals surface area contributed by atoms with E-state index < -0.39 is 0 Å². The van der Waals surface area contributed by atoms with Crippen molar-refractivity contribution in [1.29, 1.82) is 5.26 Å². The molecule has 1 aliphatic carbocycles. The molecule has 5 rings (SSSR count). The van der Waals surface area contributed by atoms with Crippen LogP contribution in [0.5, 0.6) is 5.75 Å². The van der Waals surface area contributed by atoms with Gasteiger partial charge in [0.2, 0.25) is 0 Å². The van der Waals surface area contributed by atoms with Crippen LogP contribution < -0.4 is 4.74 Å². The van der Waals surface area contributed by atoms with E-state index in [2.05, 4.69) is 39.4 Å². The summed E-state index contributed by atoms with van der Waals surface area (Å²) in [5.41, 5.74) is 5.52. The number of hydrogen-bond donors (Lipinski definition) is 0. The van der Waals surface area contributed by atoms with Crippen molar-refractivity contribution in [3.63, 3.8) is 0 Å². The number of likely N-dealkylation sites (tertiary alicyclic amines) is 1. The Labute approximate surface area is 180 Å². The summed E-state index contributed by atoms with van der Waals surface area (Å²) in [5, 5.41) is 20.3. The van der Waals surface area contributed by atoms with Crippen LogP contribution in [0.2, 0.25) is 0 Å². The minimum absolute atomic E-state index is 0.0244. The Balaban J connectivity index is 1.46. The van der Waals surface area contributed by atoms with Crippen molar-refractivity contribution in [3.8, 4) is 33.0 Å². The van der Waals surface area contributed by atoms with Gasteiger partial charge in [0, 0.05) is 17.2 Å². The molecule has 1 saturated heterocycles. The van der Waals surface area contributed by atoms with Gasteiger partial charge in [-0.15, -0.1) is 10.2 Å². The minimum atomic E-state index is 0.0244. The van der Waals surface area contributed by atoms with Gasteiger partial charge in [-0.1, -0.05) is 29.5 Å². The summed E-state index contributed by atoms with van der Waals surface area (Å²) in [6.07, 6.45) is 3.63. The maximum Gasteiger partial charge on any atom is 0.148 e. The van der Waals surface area contributed by atoms with Gasteiger partial charge in [-0.25, -0.2) is 0 Å². The highest BCUT2D eigenvalue weighted by Gasteiger charge is 2.32. The van der Waals surface area contributed by atoms with E-state index in [9.17, 15) is 5.26 Å². The summed E-state index contributed by atoms with van der Waals surface area (Å²) in [5.74, 6) is 0.610. The highest BCUT2D eigenvalue weighted by molar-refractivity contribution is 7.17. The second kappa shape index (κ2) is 7.82. The van der Waals surface area contributed by atoms with Crippen LogP contribution in [-0.2, 0) is 6.42 Å². The number of hydrogen-bond acceptors (Lipinski definition) is 6. The van der Waals surface area contributed by atoms with Gasteiger partial charge in [0.25, 0.3) is 0 Å². The lowest BCUT2D eigenvalue weighted by Crippen LogP contribution is -2.39. The van der Waals surface area contributed by atoms with Gasteiger partial charge in [-0.05, 0) is 75.5 Å². The first-order valence-electron chi connectivity index (χ1n) is 10.5. The molecule has 1 aromatic heterocycles. The Morgan fingerprint density at radius 1 is 1.17 bits per heavy atom. The number of nitriles is 1. The molecule has 6 heteroatoms. The summed E-state index contributed by atoms with van der Waals surface area (Å²) in [6.45, 7) is 6.35. The smallest absolute Gasteiger partial charge is 0.148 e. The lowest BCUT2D eigenvalue weighted by Gasteiger charge is -2.36. The number of ether oxygens (including phenoxy) is 1. The molecule has 5 nitrogen and oxygen atoms in total. The topological polar surface area (TPSA) is 62.0 Å². The molecule has 152 valence electrons. The number of nitrogens with zero attached hydrogens (tertiary/aromatic N) is 4. The van der Waals surface area contributed by atoms with E-state index in [1.807, 2.05) is 32.0 Å². The summed E-state index contributed by atoms with van der Waals surface area (Å²) in [7, 11) is 0. The molecule has 1 aliphatic heterocycles. The highest BCUT2D eigenvalue weighted by Crippen LogP contribution is 2.43. The van der Waals surface area contributed by atoms with E-state index in [0.29, 0.717) is 17.4 Å².